The van der Waals surface area contributed by atoms with Gasteiger partial charge in [-0.15, -0.1) is 0 Å². The van der Waals surface area contributed by atoms with Gasteiger partial charge in [0.15, 0.2) is 5.41 Å². The molecule has 0 amide bonds. The number of hydrogen-bond acceptors (Lipinski definition) is 4. The molecule has 1 aromatic carbocycles. The number of carbonyl (C=O) groups excluding carboxylic acids is 2. The monoisotopic (exact) mass is 424 g/mol. The van der Waals surface area contributed by atoms with Crippen molar-refractivity contribution in [3.8, 4) is 5.75 Å². The molecule has 0 aliphatic rings. The summed E-state index contributed by atoms with van der Waals surface area (Å²) in [7, 11) is 0. The van der Waals surface area contributed by atoms with Crippen LogP contribution in [-0.2, 0) is 14.3 Å². The molecule has 0 spiro atoms. The van der Waals surface area contributed by atoms with Crippen LogP contribution in [0.1, 0.15) is 65.7 Å². The lowest BCUT2D eigenvalue weighted by Gasteiger charge is -2.21. The van der Waals surface area contributed by atoms with Crippen molar-refractivity contribution in [3.63, 3.8) is 0 Å². The van der Waals surface area contributed by atoms with E-state index < -0.39 is 52.2 Å². The first-order valence-electron chi connectivity index (χ1n) is 9.46. The normalized spacial score (nSPS) is 11.4. The zero-order valence-corrected chi connectivity index (χ0v) is 16.7. The predicted octanol–water partition coefficient (Wildman–Crippen LogP) is 5.61. The van der Waals surface area contributed by atoms with E-state index in [-0.39, 0.29) is 6.61 Å². The summed E-state index contributed by atoms with van der Waals surface area (Å²) in [5.74, 6) is -15.8. The van der Waals surface area contributed by atoms with Gasteiger partial charge in [-0.25, -0.2) is 13.2 Å². The third-order valence-electron chi connectivity index (χ3n) is 4.37. The van der Waals surface area contributed by atoms with Gasteiger partial charge in [0, 0.05) is 0 Å². The number of unbranched alkanes of at least 4 members (excludes halogenated alkanes) is 6. The van der Waals surface area contributed by atoms with Gasteiger partial charge >= 0.3 is 11.9 Å². The molecule has 29 heavy (non-hydrogen) atoms. The molecule has 0 saturated carbocycles. The Morgan fingerprint density at radius 3 is 1.69 bits per heavy atom. The van der Waals surface area contributed by atoms with E-state index in [0.29, 0.717) is 6.42 Å². The maximum atomic E-state index is 13.6. The fourth-order valence-corrected chi connectivity index (χ4v) is 2.38. The van der Waals surface area contributed by atoms with Crippen LogP contribution in [0.3, 0.4) is 0 Å². The van der Waals surface area contributed by atoms with Crippen LogP contribution >= 0.6 is 0 Å². The summed E-state index contributed by atoms with van der Waals surface area (Å²) in [6, 6.07) is 0. The molecule has 0 bridgehead atoms. The highest BCUT2D eigenvalue weighted by atomic mass is 19.2. The summed E-state index contributed by atoms with van der Waals surface area (Å²) in [5, 5.41) is 0. The predicted molar refractivity (Wildman–Crippen MR) is 94.6 cm³/mol. The van der Waals surface area contributed by atoms with Crippen molar-refractivity contribution < 1.29 is 41.0 Å². The van der Waals surface area contributed by atoms with Crippen LogP contribution in [-0.4, -0.2) is 18.5 Å². The van der Waals surface area contributed by atoms with E-state index in [1.807, 2.05) is 0 Å². The molecule has 0 N–H and O–H groups in total. The van der Waals surface area contributed by atoms with E-state index >= 15 is 0 Å². The van der Waals surface area contributed by atoms with E-state index in [9.17, 15) is 31.5 Å². The average molecular weight is 424 g/mol. The van der Waals surface area contributed by atoms with Crippen LogP contribution in [0.25, 0.3) is 0 Å². The van der Waals surface area contributed by atoms with Gasteiger partial charge in [-0.1, -0.05) is 45.4 Å². The van der Waals surface area contributed by atoms with Gasteiger partial charge in [-0.3, -0.25) is 9.59 Å². The van der Waals surface area contributed by atoms with Crippen LogP contribution in [0.15, 0.2) is 0 Å². The van der Waals surface area contributed by atoms with E-state index in [4.69, 9.17) is 4.74 Å². The van der Waals surface area contributed by atoms with Gasteiger partial charge in [0.2, 0.25) is 34.8 Å². The van der Waals surface area contributed by atoms with Crippen LogP contribution in [0, 0.1) is 34.5 Å². The first kappa shape index (κ1) is 24.8. The SMILES string of the molecule is CCCCCCCCCOC(=O)C(C)(C)C(=O)Oc1c(F)c(F)c(F)c(F)c1F. The molecule has 0 atom stereocenters. The second-order valence-electron chi connectivity index (χ2n) is 7.17. The minimum Gasteiger partial charge on any atom is -0.465 e. The topological polar surface area (TPSA) is 52.6 Å². The van der Waals surface area contributed by atoms with E-state index in [1.165, 1.54) is 0 Å². The summed E-state index contributed by atoms with van der Waals surface area (Å²) < 4.78 is 76.0. The van der Waals surface area contributed by atoms with E-state index in [1.54, 1.807) is 0 Å². The molecule has 0 aliphatic heterocycles. The molecule has 0 aliphatic carbocycles. The third-order valence-corrected chi connectivity index (χ3v) is 4.37. The van der Waals surface area contributed by atoms with Crippen molar-refractivity contribution in [1.29, 1.82) is 0 Å². The van der Waals surface area contributed by atoms with Crippen molar-refractivity contribution in [3.05, 3.63) is 29.1 Å². The average Bonchev–Trinajstić information content (AvgIpc) is 2.69. The highest BCUT2D eigenvalue weighted by molar-refractivity contribution is 5.99. The molecule has 9 heteroatoms. The van der Waals surface area contributed by atoms with Crippen molar-refractivity contribution in [1.82, 2.24) is 0 Å². The van der Waals surface area contributed by atoms with Crippen LogP contribution < -0.4 is 4.74 Å². The molecular formula is C20H25F5O4. The standard InChI is InChI=1S/C20H25F5O4/c1-4-5-6-7-8-9-10-11-28-18(26)20(2,3)19(27)29-17-15(24)13(22)12(21)14(23)16(17)25/h4-11H2,1-3H3. The fourth-order valence-electron chi connectivity index (χ4n) is 2.38. The first-order chi connectivity index (χ1) is 13.6. The maximum absolute atomic E-state index is 13.6. The number of ether oxygens (including phenoxy) is 2. The minimum absolute atomic E-state index is 0.0336. The highest BCUT2D eigenvalue weighted by Crippen LogP contribution is 2.31. The Morgan fingerprint density at radius 1 is 0.724 bits per heavy atom. The summed E-state index contributed by atoms with van der Waals surface area (Å²) in [5.41, 5.74) is -2.01. The number of rotatable bonds is 11. The molecule has 0 heterocycles. The van der Waals surface area contributed by atoms with Gasteiger partial charge in [-0.05, 0) is 20.3 Å². The molecule has 0 aromatic heterocycles. The lowest BCUT2D eigenvalue weighted by Crippen LogP contribution is -2.38. The van der Waals surface area contributed by atoms with E-state index in [2.05, 4.69) is 11.7 Å². The number of benzene rings is 1. The molecule has 0 radical (unpaired) electrons. The fraction of sp³-hybridized carbons (Fsp3) is 0.600. The summed E-state index contributed by atoms with van der Waals surface area (Å²) >= 11 is 0. The van der Waals surface area contributed by atoms with Crippen molar-refractivity contribution in [2.24, 2.45) is 5.41 Å². The van der Waals surface area contributed by atoms with Gasteiger partial charge in [-0.2, -0.15) is 8.78 Å². The molecule has 0 saturated heterocycles. The molecule has 4 nitrogen and oxygen atoms in total. The Hall–Kier alpha value is -2.19. The number of carbonyl (C=O) groups is 2. The highest BCUT2D eigenvalue weighted by Gasteiger charge is 2.41. The van der Waals surface area contributed by atoms with Gasteiger partial charge < -0.3 is 9.47 Å². The zero-order chi connectivity index (χ0) is 22.2. The van der Waals surface area contributed by atoms with Crippen molar-refractivity contribution in [2.45, 2.75) is 65.7 Å². The second kappa shape index (κ2) is 11.1. The molecule has 1 aromatic rings. The van der Waals surface area contributed by atoms with Crippen LogP contribution in [0.5, 0.6) is 5.75 Å². The quantitative estimate of drug-likeness (QED) is 0.0882. The lowest BCUT2D eigenvalue weighted by atomic mass is 9.94. The largest absolute Gasteiger partial charge is 0.465 e. The number of esters is 2. The summed E-state index contributed by atoms with van der Waals surface area (Å²) in [6.45, 7) is 4.27. The number of hydrogen-bond donors (Lipinski definition) is 0. The summed E-state index contributed by atoms with van der Waals surface area (Å²) in [6.07, 6.45) is 6.87. The Balaban J connectivity index is 2.64. The third kappa shape index (κ3) is 6.40. The Bertz CT molecular complexity index is 705. The Labute approximate surface area is 166 Å². The van der Waals surface area contributed by atoms with Crippen LogP contribution in [0.2, 0.25) is 0 Å². The second-order valence-corrected chi connectivity index (χ2v) is 7.17. The smallest absolute Gasteiger partial charge is 0.328 e. The van der Waals surface area contributed by atoms with Gasteiger partial charge in [0.25, 0.3) is 0 Å². The number of halogens is 5. The molecule has 0 unspecified atom stereocenters. The first-order valence-corrected chi connectivity index (χ1v) is 9.46. The summed E-state index contributed by atoms with van der Waals surface area (Å²) in [4.78, 5) is 24.2. The lowest BCUT2D eigenvalue weighted by molar-refractivity contribution is -0.165. The Kier molecular flexibility index (Phi) is 9.52. The zero-order valence-electron chi connectivity index (χ0n) is 16.7. The molecule has 0 fully saturated rings. The van der Waals surface area contributed by atoms with Gasteiger partial charge in [0.1, 0.15) is 0 Å². The van der Waals surface area contributed by atoms with Crippen molar-refractivity contribution in [2.75, 3.05) is 6.61 Å². The minimum atomic E-state index is -2.38. The van der Waals surface area contributed by atoms with Gasteiger partial charge in [0.05, 0.1) is 6.61 Å². The maximum Gasteiger partial charge on any atom is 0.328 e. The Morgan fingerprint density at radius 2 is 1.17 bits per heavy atom. The van der Waals surface area contributed by atoms with E-state index in [0.717, 1.165) is 52.4 Å². The molecule has 1 rings (SSSR count). The molecular weight excluding hydrogens is 399 g/mol. The van der Waals surface area contributed by atoms with Crippen LogP contribution in [0.4, 0.5) is 22.0 Å². The van der Waals surface area contributed by atoms with Crippen molar-refractivity contribution >= 4 is 11.9 Å². The molecule has 164 valence electrons.